The molecule has 1 heterocycles. The number of benzene rings is 2. The number of carbonyl (C=O) groups excluding carboxylic acids is 3. The van der Waals surface area contributed by atoms with Gasteiger partial charge in [-0.05, 0) is 29.3 Å². The summed E-state index contributed by atoms with van der Waals surface area (Å²) in [6, 6.07) is 13.9. The molecule has 2 aromatic carbocycles. The van der Waals surface area contributed by atoms with Crippen LogP contribution in [0.1, 0.15) is 18.1 Å². The van der Waals surface area contributed by atoms with Crippen molar-refractivity contribution in [3.63, 3.8) is 0 Å². The molecule has 0 saturated heterocycles. The molecule has 2 aromatic rings. The molecular formula is C23H23NO7S. The third kappa shape index (κ3) is 6.52. The highest BCUT2D eigenvalue weighted by atomic mass is 32.2. The minimum absolute atomic E-state index is 0.112. The highest BCUT2D eigenvalue weighted by Crippen LogP contribution is 2.33. The molecule has 0 unspecified atom stereocenters. The molecule has 0 saturated carbocycles. The van der Waals surface area contributed by atoms with Crippen LogP contribution in [0.25, 0.3) is 6.08 Å². The smallest absolute Gasteiger partial charge is 0.329 e. The summed E-state index contributed by atoms with van der Waals surface area (Å²) in [4.78, 5) is 36.6. The maximum absolute atomic E-state index is 12.9. The van der Waals surface area contributed by atoms with E-state index >= 15 is 0 Å². The van der Waals surface area contributed by atoms with Gasteiger partial charge in [-0.25, -0.2) is 4.79 Å². The van der Waals surface area contributed by atoms with Gasteiger partial charge in [-0.2, -0.15) is 11.8 Å². The lowest BCUT2D eigenvalue weighted by molar-refractivity contribution is -0.145. The molecule has 0 radical (unpaired) electrons. The van der Waals surface area contributed by atoms with Gasteiger partial charge in [-0.1, -0.05) is 36.4 Å². The van der Waals surface area contributed by atoms with Crippen molar-refractivity contribution in [3.8, 4) is 11.5 Å². The highest BCUT2D eigenvalue weighted by molar-refractivity contribution is 7.98. The summed E-state index contributed by atoms with van der Waals surface area (Å²) < 4.78 is 20.5. The normalized spacial score (nSPS) is 13.2. The lowest BCUT2D eigenvalue weighted by Gasteiger charge is -2.17. The van der Waals surface area contributed by atoms with E-state index in [-0.39, 0.29) is 18.3 Å². The van der Waals surface area contributed by atoms with E-state index in [0.29, 0.717) is 22.8 Å². The molecule has 0 fully saturated rings. The average Bonchev–Trinajstić information content (AvgIpc) is 3.25. The number of carbonyl (C=O) groups is 3. The summed E-state index contributed by atoms with van der Waals surface area (Å²) >= 11 is 1.47. The predicted octanol–water partition coefficient (Wildman–Crippen LogP) is 2.91. The predicted molar refractivity (Wildman–Crippen MR) is 119 cm³/mol. The van der Waals surface area contributed by atoms with Gasteiger partial charge in [0.05, 0.1) is 7.11 Å². The Bertz CT molecular complexity index is 1010. The number of nitrogens with one attached hydrogen (secondary N) is 1. The zero-order chi connectivity index (χ0) is 22.9. The standard InChI is InChI=1S/C23H23NO7S/c1-15(25)31-21(11-17-8-9-19-20(10-17)30-14-29-19)22(26)24-18(23(27)28-2)13-32-12-16-6-4-3-5-7-16/h3-11,18H,12-14H2,1-2H3,(H,24,26)/b21-11-/t18-/m0/s1. The van der Waals surface area contributed by atoms with Gasteiger partial charge in [0, 0.05) is 18.4 Å². The summed E-state index contributed by atoms with van der Waals surface area (Å²) in [5.74, 6) is -0.178. The Morgan fingerprint density at radius 3 is 2.59 bits per heavy atom. The van der Waals surface area contributed by atoms with Crippen LogP contribution in [0, 0.1) is 0 Å². The molecule has 1 aliphatic heterocycles. The van der Waals surface area contributed by atoms with Crippen LogP contribution >= 0.6 is 11.8 Å². The molecule has 1 aliphatic rings. The van der Waals surface area contributed by atoms with Crippen molar-refractivity contribution >= 4 is 35.7 Å². The Labute approximate surface area is 189 Å². The van der Waals surface area contributed by atoms with Gasteiger partial charge in [0.15, 0.2) is 17.3 Å². The highest BCUT2D eigenvalue weighted by Gasteiger charge is 2.25. The molecule has 9 heteroatoms. The Balaban J connectivity index is 1.71. The molecule has 1 N–H and O–H groups in total. The minimum Gasteiger partial charge on any atom is -0.467 e. The zero-order valence-corrected chi connectivity index (χ0v) is 18.5. The lowest BCUT2D eigenvalue weighted by Crippen LogP contribution is -2.44. The second-order valence-corrected chi connectivity index (χ2v) is 7.80. The summed E-state index contributed by atoms with van der Waals surface area (Å²) in [6.45, 7) is 1.30. The Kier molecular flexibility index (Phi) is 8.15. The Morgan fingerprint density at radius 2 is 1.88 bits per heavy atom. The summed E-state index contributed by atoms with van der Waals surface area (Å²) in [6.07, 6.45) is 1.39. The monoisotopic (exact) mass is 457 g/mol. The van der Waals surface area contributed by atoms with Crippen LogP contribution in [0.3, 0.4) is 0 Å². The maximum atomic E-state index is 12.9. The number of fused-ring (bicyclic) bond motifs is 1. The molecule has 8 nitrogen and oxygen atoms in total. The summed E-state index contributed by atoms with van der Waals surface area (Å²) in [7, 11) is 1.25. The molecule has 0 bridgehead atoms. The van der Waals surface area contributed by atoms with Crippen LogP contribution in [0.4, 0.5) is 0 Å². The largest absolute Gasteiger partial charge is 0.467 e. The molecule has 168 valence electrons. The number of thioether (sulfide) groups is 1. The molecule has 1 amide bonds. The molecule has 1 atom stereocenters. The van der Waals surface area contributed by atoms with E-state index in [9.17, 15) is 14.4 Å². The molecule has 0 aliphatic carbocycles. The van der Waals surface area contributed by atoms with E-state index < -0.39 is 23.9 Å². The van der Waals surface area contributed by atoms with Crippen LogP contribution in [-0.4, -0.2) is 43.5 Å². The van der Waals surface area contributed by atoms with Gasteiger partial charge in [-0.15, -0.1) is 0 Å². The van der Waals surface area contributed by atoms with Crippen molar-refractivity contribution < 1.29 is 33.3 Å². The van der Waals surface area contributed by atoms with Crippen molar-refractivity contribution in [1.82, 2.24) is 5.32 Å². The van der Waals surface area contributed by atoms with Crippen molar-refractivity contribution in [1.29, 1.82) is 0 Å². The van der Waals surface area contributed by atoms with Gasteiger partial charge in [0.1, 0.15) is 6.04 Å². The first-order valence-corrected chi connectivity index (χ1v) is 10.9. The van der Waals surface area contributed by atoms with Crippen molar-refractivity contribution in [2.45, 2.75) is 18.7 Å². The fourth-order valence-corrected chi connectivity index (χ4v) is 3.86. The molecule has 0 spiro atoms. The average molecular weight is 458 g/mol. The van der Waals surface area contributed by atoms with Crippen molar-refractivity contribution in [2.75, 3.05) is 19.7 Å². The van der Waals surface area contributed by atoms with Crippen LogP contribution in [0.5, 0.6) is 11.5 Å². The second kappa shape index (κ2) is 11.2. The fourth-order valence-electron chi connectivity index (χ4n) is 2.86. The molecule has 32 heavy (non-hydrogen) atoms. The van der Waals surface area contributed by atoms with E-state index in [4.69, 9.17) is 18.9 Å². The van der Waals surface area contributed by atoms with Gasteiger partial charge in [0.25, 0.3) is 5.91 Å². The molecule has 3 rings (SSSR count). The topological polar surface area (TPSA) is 100 Å². The van der Waals surface area contributed by atoms with E-state index in [1.54, 1.807) is 18.2 Å². The third-order valence-corrected chi connectivity index (χ3v) is 5.47. The Morgan fingerprint density at radius 1 is 1.12 bits per heavy atom. The number of esters is 2. The maximum Gasteiger partial charge on any atom is 0.329 e. The number of methoxy groups -OCH3 is 1. The summed E-state index contributed by atoms with van der Waals surface area (Å²) in [5.41, 5.74) is 1.66. The van der Waals surface area contributed by atoms with Crippen molar-refractivity contribution in [2.24, 2.45) is 0 Å². The first-order chi connectivity index (χ1) is 15.5. The van der Waals surface area contributed by atoms with Gasteiger partial charge in [0.2, 0.25) is 6.79 Å². The minimum atomic E-state index is -0.920. The van der Waals surface area contributed by atoms with Crippen LogP contribution in [-0.2, 0) is 29.6 Å². The van der Waals surface area contributed by atoms with Crippen molar-refractivity contribution in [3.05, 3.63) is 65.4 Å². The van der Waals surface area contributed by atoms with Gasteiger partial charge in [-0.3, -0.25) is 9.59 Å². The van der Waals surface area contributed by atoms with Gasteiger partial charge >= 0.3 is 11.9 Å². The van der Waals surface area contributed by atoms with Crippen LogP contribution in [0.2, 0.25) is 0 Å². The fraction of sp³-hybridized carbons (Fsp3) is 0.261. The third-order valence-electron chi connectivity index (χ3n) is 4.36. The van der Waals surface area contributed by atoms with E-state index in [0.717, 1.165) is 5.56 Å². The number of rotatable bonds is 9. The van der Waals surface area contributed by atoms with Crippen LogP contribution < -0.4 is 14.8 Å². The Hall–Kier alpha value is -3.46. The lowest BCUT2D eigenvalue weighted by atomic mass is 10.1. The number of hydrogen-bond donors (Lipinski definition) is 1. The number of amides is 1. The zero-order valence-electron chi connectivity index (χ0n) is 17.7. The summed E-state index contributed by atoms with van der Waals surface area (Å²) in [5, 5.41) is 2.60. The number of hydrogen-bond acceptors (Lipinski definition) is 8. The quantitative estimate of drug-likeness (QED) is 0.349. The second-order valence-electron chi connectivity index (χ2n) is 6.76. The molecular weight excluding hydrogens is 434 g/mol. The van der Waals surface area contributed by atoms with Gasteiger partial charge < -0.3 is 24.3 Å². The van der Waals surface area contributed by atoms with E-state index in [1.165, 1.54) is 31.9 Å². The van der Waals surface area contributed by atoms with Crippen LogP contribution in [0.15, 0.2) is 54.3 Å². The van der Waals surface area contributed by atoms with E-state index in [1.807, 2.05) is 30.3 Å². The SMILES string of the molecule is COC(=O)[C@H](CSCc1ccccc1)NC(=O)/C(=C/c1ccc2c(c1)OCO2)OC(C)=O. The first-order valence-electron chi connectivity index (χ1n) is 9.76. The first kappa shape index (κ1) is 23.2. The number of ether oxygens (including phenoxy) is 4. The molecule has 0 aromatic heterocycles. The van der Waals surface area contributed by atoms with E-state index in [2.05, 4.69) is 5.32 Å².